The van der Waals surface area contributed by atoms with Crippen LogP contribution in [0.4, 0.5) is 0 Å². The molecule has 0 aromatic carbocycles. The zero-order valence-corrected chi connectivity index (χ0v) is 12.4. The van der Waals surface area contributed by atoms with Crippen molar-refractivity contribution in [3.05, 3.63) is 22.4 Å². The maximum absolute atomic E-state index is 12.4. The number of rotatable bonds is 5. The molecule has 4 nitrogen and oxygen atoms in total. The average molecular weight is 282 g/mol. The molecule has 1 fully saturated rings. The Bertz CT molecular complexity index is 400. The third-order valence-corrected chi connectivity index (χ3v) is 4.58. The van der Waals surface area contributed by atoms with Crippen LogP contribution in [0.15, 0.2) is 17.5 Å². The number of piperidine rings is 1. The first-order valence-corrected chi connectivity index (χ1v) is 7.63. The summed E-state index contributed by atoms with van der Waals surface area (Å²) in [6.07, 6.45) is 2.35. The number of methoxy groups -OCH3 is 1. The molecule has 1 amide bonds. The molecule has 2 heterocycles. The van der Waals surface area contributed by atoms with E-state index in [4.69, 9.17) is 4.74 Å². The van der Waals surface area contributed by atoms with Gasteiger partial charge in [0, 0.05) is 24.4 Å². The van der Waals surface area contributed by atoms with Gasteiger partial charge in [0.1, 0.15) is 5.60 Å². The summed E-state index contributed by atoms with van der Waals surface area (Å²) in [7, 11) is 1.63. The van der Waals surface area contributed by atoms with Crippen LogP contribution in [-0.4, -0.2) is 37.7 Å². The van der Waals surface area contributed by atoms with E-state index < -0.39 is 5.60 Å². The largest absolute Gasteiger partial charge is 0.368 e. The van der Waals surface area contributed by atoms with Crippen molar-refractivity contribution in [2.45, 2.75) is 37.8 Å². The lowest BCUT2D eigenvalue weighted by Gasteiger charge is -2.35. The smallest absolute Gasteiger partial charge is 0.252 e. The van der Waals surface area contributed by atoms with Crippen LogP contribution >= 0.6 is 11.3 Å². The van der Waals surface area contributed by atoms with E-state index in [0.717, 1.165) is 32.4 Å². The zero-order chi connectivity index (χ0) is 13.7. The minimum Gasteiger partial charge on any atom is -0.368 e. The van der Waals surface area contributed by atoms with Crippen molar-refractivity contribution in [2.24, 2.45) is 0 Å². The summed E-state index contributed by atoms with van der Waals surface area (Å²) < 4.78 is 5.53. The number of hydrogen-bond donors (Lipinski definition) is 2. The number of carbonyl (C=O) groups is 1. The second kappa shape index (κ2) is 6.50. The molecule has 1 aliphatic rings. The molecule has 0 aliphatic carbocycles. The molecule has 1 aromatic rings. The third kappa shape index (κ3) is 3.55. The molecule has 1 atom stereocenters. The highest BCUT2D eigenvalue weighted by Gasteiger charge is 2.39. The lowest BCUT2D eigenvalue weighted by molar-refractivity contribution is -0.147. The predicted octanol–water partition coefficient (Wildman–Crippen LogP) is 1.56. The van der Waals surface area contributed by atoms with E-state index in [1.165, 1.54) is 4.88 Å². The van der Waals surface area contributed by atoms with E-state index in [1.807, 2.05) is 13.0 Å². The van der Waals surface area contributed by atoms with Crippen molar-refractivity contribution in [1.29, 1.82) is 0 Å². The van der Waals surface area contributed by atoms with Gasteiger partial charge in [-0.25, -0.2) is 0 Å². The molecule has 1 saturated heterocycles. The van der Waals surface area contributed by atoms with Crippen LogP contribution in [0.5, 0.6) is 0 Å². The fraction of sp³-hybridized carbons (Fsp3) is 0.643. The monoisotopic (exact) mass is 282 g/mol. The molecule has 0 bridgehead atoms. The van der Waals surface area contributed by atoms with Gasteiger partial charge in [-0.1, -0.05) is 6.07 Å². The summed E-state index contributed by atoms with van der Waals surface area (Å²) in [6.45, 7) is 3.71. The van der Waals surface area contributed by atoms with E-state index in [9.17, 15) is 4.79 Å². The van der Waals surface area contributed by atoms with Crippen LogP contribution in [0.3, 0.4) is 0 Å². The van der Waals surface area contributed by atoms with Crippen molar-refractivity contribution in [2.75, 3.05) is 20.2 Å². The summed E-state index contributed by atoms with van der Waals surface area (Å²) in [6, 6.07) is 4.27. The molecule has 19 heavy (non-hydrogen) atoms. The molecule has 0 radical (unpaired) electrons. The van der Waals surface area contributed by atoms with E-state index in [1.54, 1.807) is 18.4 Å². The molecule has 0 saturated carbocycles. The average Bonchev–Trinajstić information content (AvgIpc) is 2.92. The fourth-order valence-electron chi connectivity index (χ4n) is 2.49. The Balaban J connectivity index is 1.91. The molecule has 2 rings (SSSR count). The van der Waals surface area contributed by atoms with E-state index >= 15 is 0 Å². The summed E-state index contributed by atoms with van der Waals surface area (Å²) in [5, 5.41) is 8.42. The Morgan fingerprint density at radius 3 is 2.89 bits per heavy atom. The molecule has 2 N–H and O–H groups in total. The zero-order valence-electron chi connectivity index (χ0n) is 11.6. The Kier molecular flexibility index (Phi) is 4.96. The molecule has 1 aromatic heterocycles. The van der Waals surface area contributed by atoms with E-state index in [-0.39, 0.29) is 11.9 Å². The number of carbonyl (C=O) groups excluding carboxylic acids is 1. The molecule has 106 valence electrons. The summed E-state index contributed by atoms with van der Waals surface area (Å²) in [5.74, 6) is 0.0283. The third-order valence-electron chi connectivity index (χ3n) is 3.68. The molecular weight excluding hydrogens is 260 g/mol. The normalized spacial score (nSPS) is 19.9. The Labute approximate surface area is 118 Å². The minimum absolute atomic E-state index is 0.0283. The van der Waals surface area contributed by atoms with Gasteiger partial charge in [0.2, 0.25) is 0 Å². The number of thiophene rings is 1. The first-order chi connectivity index (χ1) is 9.16. The Hall–Kier alpha value is -0.910. The lowest BCUT2D eigenvalue weighted by Crippen LogP contribution is -2.55. The van der Waals surface area contributed by atoms with Gasteiger partial charge in [-0.3, -0.25) is 4.79 Å². The van der Waals surface area contributed by atoms with Gasteiger partial charge < -0.3 is 15.4 Å². The maximum atomic E-state index is 12.4. The maximum Gasteiger partial charge on any atom is 0.252 e. The van der Waals surface area contributed by atoms with Gasteiger partial charge in [-0.2, -0.15) is 0 Å². The number of hydrogen-bond acceptors (Lipinski definition) is 4. The van der Waals surface area contributed by atoms with Crippen LogP contribution in [0.25, 0.3) is 0 Å². The molecule has 0 spiro atoms. The standard InChI is InChI=1S/C14H22N2O2S/c1-11(10-12-4-3-9-19-12)16-13(17)14(18-2)5-7-15-8-6-14/h3-4,9,11,15H,5-8,10H2,1-2H3,(H,16,17). The second-order valence-electron chi connectivity index (χ2n) is 5.11. The molecule has 1 unspecified atom stereocenters. The minimum atomic E-state index is -0.644. The van der Waals surface area contributed by atoms with Crippen LogP contribution in [0.1, 0.15) is 24.6 Å². The van der Waals surface area contributed by atoms with Crippen LogP contribution in [0, 0.1) is 0 Å². The van der Waals surface area contributed by atoms with Gasteiger partial charge >= 0.3 is 0 Å². The quantitative estimate of drug-likeness (QED) is 0.862. The van der Waals surface area contributed by atoms with Crippen molar-refractivity contribution < 1.29 is 9.53 Å². The predicted molar refractivity (Wildman–Crippen MR) is 77.5 cm³/mol. The topological polar surface area (TPSA) is 50.4 Å². The lowest BCUT2D eigenvalue weighted by atomic mass is 9.90. The van der Waals surface area contributed by atoms with Crippen LogP contribution < -0.4 is 10.6 Å². The number of amides is 1. The van der Waals surface area contributed by atoms with E-state index in [2.05, 4.69) is 22.1 Å². The number of ether oxygens (including phenoxy) is 1. The van der Waals surface area contributed by atoms with E-state index in [0.29, 0.717) is 0 Å². The van der Waals surface area contributed by atoms with Crippen molar-refractivity contribution in [1.82, 2.24) is 10.6 Å². The molecule has 5 heteroatoms. The van der Waals surface area contributed by atoms with Crippen molar-refractivity contribution in [3.63, 3.8) is 0 Å². The second-order valence-corrected chi connectivity index (χ2v) is 6.14. The summed E-state index contributed by atoms with van der Waals surface area (Å²) in [4.78, 5) is 13.7. The highest BCUT2D eigenvalue weighted by molar-refractivity contribution is 7.09. The van der Waals surface area contributed by atoms with Crippen molar-refractivity contribution in [3.8, 4) is 0 Å². The van der Waals surface area contributed by atoms with Crippen LogP contribution in [0.2, 0.25) is 0 Å². The van der Waals surface area contributed by atoms with Gasteiger partial charge in [0.05, 0.1) is 0 Å². The summed E-state index contributed by atoms with van der Waals surface area (Å²) >= 11 is 1.73. The van der Waals surface area contributed by atoms with Gasteiger partial charge in [0.15, 0.2) is 0 Å². The van der Waals surface area contributed by atoms with Crippen molar-refractivity contribution >= 4 is 17.2 Å². The Morgan fingerprint density at radius 2 is 2.32 bits per heavy atom. The van der Waals surface area contributed by atoms with Gasteiger partial charge in [-0.05, 0) is 44.3 Å². The first-order valence-electron chi connectivity index (χ1n) is 6.75. The summed E-state index contributed by atoms with van der Waals surface area (Å²) in [5.41, 5.74) is -0.644. The highest BCUT2D eigenvalue weighted by atomic mass is 32.1. The van der Waals surface area contributed by atoms with Gasteiger partial charge in [-0.15, -0.1) is 11.3 Å². The highest BCUT2D eigenvalue weighted by Crippen LogP contribution is 2.23. The molecular formula is C14H22N2O2S. The Morgan fingerprint density at radius 1 is 1.58 bits per heavy atom. The number of nitrogens with one attached hydrogen (secondary N) is 2. The first kappa shape index (κ1) is 14.5. The van der Waals surface area contributed by atoms with Gasteiger partial charge in [0.25, 0.3) is 5.91 Å². The fourth-order valence-corrected chi connectivity index (χ4v) is 3.33. The SMILES string of the molecule is COC1(C(=O)NC(C)Cc2cccs2)CCNCC1. The molecule has 1 aliphatic heterocycles. The van der Waals surface area contributed by atoms with Crippen LogP contribution in [-0.2, 0) is 16.0 Å².